The van der Waals surface area contributed by atoms with Gasteiger partial charge in [-0.15, -0.1) is 0 Å². The molecule has 1 atom stereocenters. The summed E-state index contributed by atoms with van der Waals surface area (Å²) in [6.45, 7) is 2.52. The first-order valence-corrected chi connectivity index (χ1v) is 7.07. The molecule has 2 heteroatoms. The maximum atomic E-state index is 8.78. The topological polar surface area (TPSA) is 20.2 Å². The second-order valence-corrected chi connectivity index (χ2v) is 5.65. The van der Waals surface area contributed by atoms with Crippen LogP contribution in [-0.2, 0) is 0 Å². The van der Waals surface area contributed by atoms with Gasteiger partial charge in [-0.05, 0) is 35.4 Å². The Morgan fingerprint density at radius 2 is 1.88 bits per heavy atom. The van der Waals surface area contributed by atoms with Gasteiger partial charge in [-0.25, -0.2) is 0 Å². The fraction of sp³-hybridized carbons (Fsp3) is 0.333. The molecule has 90 valence electrons. The second-order valence-electron chi connectivity index (χ2n) is 4.20. The maximum absolute atomic E-state index is 8.78. The van der Waals surface area contributed by atoms with Gasteiger partial charge < -0.3 is 5.11 Å². The number of hydrogen-bond acceptors (Lipinski definition) is 2. The fourth-order valence-electron chi connectivity index (χ4n) is 1.88. The number of aliphatic hydroxyl groups is 1. The molecule has 0 aliphatic carbocycles. The van der Waals surface area contributed by atoms with Crippen molar-refractivity contribution >= 4 is 22.5 Å². The number of benzene rings is 2. The molecule has 1 N–H and O–H groups in total. The molecule has 2 aromatic carbocycles. The van der Waals surface area contributed by atoms with Crippen LogP contribution in [0, 0.1) is 0 Å². The van der Waals surface area contributed by atoms with Gasteiger partial charge in [0.15, 0.2) is 0 Å². The van der Waals surface area contributed by atoms with Crippen molar-refractivity contribution in [3.63, 3.8) is 0 Å². The average Bonchev–Trinajstić information content (AvgIpc) is 2.38. The summed E-state index contributed by atoms with van der Waals surface area (Å²) in [5.41, 5.74) is 1.37. The van der Waals surface area contributed by atoms with Gasteiger partial charge in [0.05, 0.1) is 0 Å². The molecule has 0 spiro atoms. The van der Waals surface area contributed by atoms with Gasteiger partial charge >= 0.3 is 0 Å². The van der Waals surface area contributed by atoms with E-state index in [4.69, 9.17) is 5.11 Å². The van der Waals surface area contributed by atoms with Gasteiger partial charge in [0.2, 0.25) is 0 Å². The Labute approximate surface area is 107 Å². The lowest BCUT2D eigenvalue weighted by Crippen LogP contribution is -1.92. The van der Waals surface area contributed by atoms with Crippen LogP contribution >= 0.6 is 11.8 Å². The van der Waals surface area contributed by atoms with Crippen molar-refractivity contribution in [1.29, 1.82) is 0 Å². The summed E-state index contributed by atoms with van der Waals surface area (Å²) in [6.07, 6.45) is 0.878. The highest BCUT2D eigenvalue weighted by atomic mass is 32.2. The van der Waals surface area contributed by atoms with E-state index in [1.807, 2.05) is 11.8 Å². The van der Waals surface area contributed by atoms with Gasteiger partial charge in [-0.1, -0.05) is 42.5 Å². The van der Waals surface area contributed by atoms with E-state index in [2.05, 4.69) is 49.4 Å². The largest absolute Gasteiger partial charge is 0.396 e. The minimum Gasteiger partial charge on any atom is -0.396 e. The summed E-state index contributed by atoms with van der Waals surface area (Å²) >= 11 is 1.90. The highest BCUT2D eigenvalue weighted by Gasteiger charge is 2.06. The molecule has 0 amide bonds. The number of thioether (sulfide) groups is 1. The molecule has 0 heterocycles. The van der Waals surface area contributed by atoms with E-state index in [9.17, 15) is 0 Å². The Morgan fingerprint density at radius 3 is 2.65 bits per heavy atom. The third-order valence-electron chi connectivity index (χ3n) is 2.91. The van der Waals surface area contributed by atoms with E-state index in [1.165, 1.54) is 16.3 Å². The first-order chi connectivity index (χ1) is 8.31. The van der Waals surface area contributed by atoms with E-state index in [-0.39, 0.29) is 6.61 Å². The molecule has 17 heavy (non-hydrogen) atoms. The van der Waals surface area contributed by atoms with Crippen molar-refractivity contribution in [1.82, 2.24) is 0 Å². The second kappa shape index (κ2) is 6.08. The smallest absolute Gasteiger partial charge is 0.0438 e. The average molecular weight is 246 g/mol. The van der Waals surface area contributed by atoms with Gasteiger partial charge in [0, 0.05) is 11.9 Å². The minimum atomic E-state index is 0.289. The summed E-state index contributed by atoms with van der Waals surface area (Å²) in [5.74, 6) is 1.02. The number of fused-ring (bicyclic) bond motifs is 1. The van der Waals surface area contributed by atoms with E-state index in [1.54, 1.807) is 0 Å². The molecule has 0 aliphatic heterocycles. The summed E-state index contributed by atoms with van der Waals surface area (Å²) in [7, 11) is 0. The van der Waals surface area contributed by atoms with E-state index in [0.29, 0.717) is 5.25 Å². The number of rotatable bonds is 5. The monoisotopic (exact) mass is 246 g/mol. The third-order valence-corrected chi connectivity index (χ3v) is 4.21. The third kappa shape index (κ3) is 3.24. The summed E-state index contributed by atoms with van der Waals surface area (Å²) < 4.78 is 0. The van der Waals surface area contributed by atoms with Crippen LogP contribution in [0.25, 0.3) is 10.8 Å². The van der Waals surface area contributed by atoms with Crippen LogP contribution < -0.4 is 0 Å². The summed E-state index contributed by atoms with van der Waals surface area (Å²) in [4.78, 5) is 0. The van der Waals surface area contributed by atoms with Gasteiger partial charge in [0.1, 0.15) is 0 Å². The van der Waals surface area contributed by atoms with E-state index in [0.717, 1.165) is 12.2 Å². The van der Waals surface area contributed by atoms with Crippen LogP contribution in [0.2, 0.25) is 0 Å². The van der Waals surface area contributed by atoms with Crippen LogP contribution in [0.5, 0.6) is 0 Å². The molecule has 0 saturated carbocycles. The first-order valence-electron chi connectivity index (χ1n) is 6.02. The van der Waals surface area contributed by atoms with Crippen molar-refractivity contribution in [3.05, 3.63) is 48.0 Å². The molecular formula is C15H18OS. The Kier molecular flexibility index (Phi) is 4.46. The van der Waals surface area contributed by atoms with Crippen molar-refractivity contribution in [3.8, 4) is 0 Å². The van der Waals surface area contributed by atoms with Crippen LogP contribution in [0.4, 0.5) is 0 Å². The predicted octanol–water partition coefficient (Wildman–Crippen LogP) is 4.02. The molecule has 1 unspecified atom stereocenters. The fourth-order valence-corrected chi connectivity index (χ4v) is 2.87. The van der Waals surface area contributed by atoms with E-state index < -0.39 is 0 Å². The molecule has 0 fully saturated rings. The summed E-state index contributed by atoms with van der Waals surface area (Å²) in [5, 5.41) is 11.9. The Balaban J connectivity index is 2.12. The molecule has 1 nitrogen and oxygen atoms in total. The van der Waals surface area contributed by atoms with Crippen molar-refractivity contribution < 1.29 is 5.11 Å². The van der Waals surface area contributed by atoms with Crippen LogP contribution in [-0.4, -0.2) is 17.5 Å². The van der Waals surface area contributed by atoms with Crippen LogP contribution in [0.3, 0.4) is 0 Å². The Morgan fingerprint density at radius 1 is 1.12 bits per heavy atom. The number of hydrogen-bond donors (Lipinski definition) is 1. The zero-order chi connectivity index (χ0) is 12.1. The zero-order valence-corrected chi connectivity index (χ0v) is 10.9. The van der Waals surface area contributed by atoms with Gasteiger partial charge in [0.25, 0.3) is 0 Å². The molecule has 0 aliphatic rings. The van der Waals surface area contributed by atoms with Gasteiger partial charge in [-0.2, -0.15) is 11.8 Å². The molecule has 0 aromatic heterocycles. The molecular weight excluding hydrogens is 228 g/mol. The van der Waals surface area contributed by atoms with Crippen LogP contribution in [0.15, 0.2) is 42.5 Å². The first kappa shape index (κ1) is 12.5. The lowest BCUT2D eigenvalue weighted by atomic mass is 10.1. The zero-order valence-electron chi connectivity index (χ0n) is 10.1. The predicted molar refractivity (Wildman–Crippen MR) is 76.5 cm³/mol. The van der Waals surface area contributed by atoms with Crippen LogP contribution in [0.1, 0.15) is 24.2 Å². The quantitative estimate of drug-likeness (QED) is 0.804. The highest BCUT2D eigenvalue weighted by Crippen LogP contribution is 2.30. The molecule has 0 bridgehead atoms. The molecule has 2 rings (SSSR count). The standard InChI is InChI=1S/C15H18OS/c1-12(17-10-4-9-16)14-8-7-13-5-2-3-6-15(13)11-14/h2-3,5-8,11-12,16H,4,9-10H2,1H3. The lowest BCUT2D eigenvalue weighted by molar-refractivity contribution is 0.296. The Hall–Kier alpha value is -0.990. The van der Waals surface area contributed by atoms with E-state index >= 15 is 0 Å². The SMILES string of the molecule is CC(SCCCO)c1ccc2ccccc2c1. The minimum absolute atomic E-state index is 0.289. The maximum Gasteiger partial charge on any atom is 0.0438 e. The van der Waals surface area contributed by atoms with Crippen molar-refractivity contribution in [2.24, 2.45) is 0 Å². The highest BCUT2D eigenvalue weighted by molar-refractivity contribution is 7.99. The Bertz CT molecular complexity index is 481. The molecule has 0 saturated heterocycles. The lowest BCUT2D eigenvalue weighted by Gasteiger charge is -2.12. The molecule has 0 radical (unpaired) electrons. The van der Waals surface area contributed by atoms with Crippen molar-refractivity contribution in [2.75, 3.05) is 12.4 Å². The summed E-state index contributed by atoms with van der Waals surface area (Å²) in [6, 6.07) is 15.1. The van der Waals surface area contributed by atoms with Gasteiger partial charge in [-0.3, -0.25) is 0 Å². The molecule has 2 aromatic rings. The van der Waals surface area contributed by atoms with Crippen molar-refractivity contribution in [2.45, 2.75) is 18.6 Å². The normalized spacial score (nSPS) is 12.8. The number of aliphatic hydroxyl groups excluding tert-OH is 1.